The van der Waals surface area contributed by atoms with Crippen molar-refractivity contribution in [3.8, 4) is 5.69 Å². The van der Waals surface area contributed by atoms with Crippen LogP contribution in [0.2, 0.25) is 5.02 Å². The summed E-state index contributed by atoms with van der Waals surface area (Å²) in [7, 11) is 0. The number of aromatic nitrogens is 4. The Balaban J connectivity index is 1.29. The number of anilines is 1. The van der Waals surface area contributed by atoms with Gasteiger partial charge in [-0.25, -0.2) is 5.43 Å². The second-order valence-corrected chi connectivity index (χ2v) is 9.96. The number of hydrogen-bond acceptors (Lipinski definition) is 6. The molecule has 0 bridgehead atoms. The Morgan fingerprint density at radius 2 is 1.84 bits per heavy atom. The van der Waals surface area contributed by atoms with E-state index in [2.05, 4.69) is 31.0 Å². The van der Waals surface area contributed by atoms with Crippen molar-refractivity contribution in [3.05, 3.63) is 101 Å². The third-order valence-corrected chi connectivity index (χ3v) is 6.96. The molecule has 1 amide bonds. The zero-order chi connectivity index (χ0) is 25.6. The monoisotopic (exact) mass is 529 g/mol. The lowest BCUT2D eigenvalue weighted by molar-refractivity contribution is -0.120. The zero-order valence-electron chi connectivity index (χ0n) is 19.9. The van der Waals surface area contributed by atoms with E-state index in [1.165, 1.54) is 11.8 Å². The molecule has 0 saturated carbocycles. The van der Waals surface area contributed by atoms with Crippen molar-refractivity contribution in [1.29, 1.82) is 0 Å². The molecule has 2 aromatic heterocycles. The van der Waals surface area contributed by atoms with Crippen molar-refractivity contribution >= 4 is 52.1 Å². The lowest BCUT2D eigenvalue weighted by Crippen LogP contribution is -2.27. The van der Waals surface area contributed by atoms with E-state index in [0.29, 0.717) is 22.5 Å². The third-order valence-electron chi connectivity index (χ3n) is 5.66. The molecule has 10 heteroatoms. The van der Waals surface area contributed by atoms with Crippen LogP contribution in [-0.2, 0) is 11.3 Å². The van der Waals surface area contributed by atoms with E-state index in [4.69, 9.17) is 11.6 Å². The summed E-state index contributed by atoms with van der Waals surface area (Å²) < 4.78 is 1.95. The Bertz CT molecular complexity index is 1530. The number of benzene rings is 3. The predicted octanol–water partition coefficient (Wildman–Crippen LogP) is 5.65. The van der Waals surface area contributed by atoms with Crippen molar-refractivity contribution in [3.63, 3.8) is 0 Å². The first kappa shape index (κ1) is 24.6. The number of amides is 1. The molecule has 0 spiro atoms. The van der Waals surface area contributed by atoms with Crippen LogP contribution < -0.4 is 10.7 Å². The lowest BCUT2D eigenvalue weighted by Gasteiger charge is -2.13. The minimum absolute atomic E-state index is 0.232. The van der Waals surface area contributed by atoms with Crippen LogP contribution in [0, 0.1) is 0 Å². The summed E-state index contributed by atoms with van der Waals surface area (Å²) in [5.74, 6) is 0.484. The van der Waals surface area contributed by atoms with E-state index < -0.39 is 5.25 Å². The summed E-state index contributed by atoms with van der Waals surface area (Å²) in [6.45, 7) is 2.26. The van der Waals surface area contributed by atoms with Crippen molar-refractivity contribution in [2.24, 2.45) is 5.10 Å². The fourth-order valence-electron chi connectivity index (χ4n) is 3.75. The highest BCUT2D eigenvalue weighted by molar-refractivity contribution is 8.00. The summed E-state index contributed by atoms with van der Waals surface area (Å²) in [5.41, 5.74) is 6.38. The van der Waals surface area contributed by atoms with Gasteiger partial charge in [-0.1, -0.05) is 59.8 Å². The van der Waals surface area contributed by atoms with E-state index >= 15 is 0 Å². The zero-order valence-corrected chi connectivity index (χ0v) is 21.5. The van der Waals surface area contributed by atoms with Crippen LogP contribution in [0.4, 0.5) is 5.69 Å². The number of nitrogens with one attached hydrogen (secondary N) is 3. The topological polar surface area (TPSA) is 100.0 Å². The molecule has 186 valence electrons. The first-order chi connectivity index (χ1) is 18.1. The van der Waals surface area contributed by atoms with Crippen LogP contribution in [0.25, 0.3) is 16.6 Å². The number of hydrazone groups is 1. The number of halogens is 1. The minimum Gasteiger partial charge on any atom is -0.378 e. The van der Waals surface area contributed by atoms with Crippen LogP contribution in [-0.4, -0.2) is 37.1 Å². The molecule has 0 aliphatic heterocycles. The maximum absolute atomic E-state index is 12.8. The van der Waals surface area contributed by atoms with Crippen molar-refractivity contribution in [2.75, 3.05) is 5.32 Å². The van der Waals surface area contributed by atoms with E-state index in [0.717, 1.165) is 27.8 Å². The number of carbonyl (C=O) groups is 1. The largest absolute Gasteiger partial charge is 0.378 e. The van der Waals surface area contributed by atoms with Crippen molar-refractivity contribution < 1.29 is 4.79 Å². The number of rotatable bonds is 9. The molecule has 37 heavy (non-hydrogen) atoms. The molecule has 5 rings (SSSR count). The number of carbonyl (C=O) groups excluding carboxylic acids is 1. The van der Waals surface area contributed by atoms with Gasteiger partial charge in [0.15, 0.2) is 11.0 Å². The molecule has 0 saturated heterocycles. The van der Waals surface area contributed by atoms with Gasteiger partial charge in [-0.2, -0.15) is 5.10 Å². The van der Waals surface area contributed by atoms with Crippen molar-refractivity contribution in [1.82, 2.24) is 25.2 Å². The number of nitrogens with zero attached hydrogens (tertiary/aromatic N) is 4. The summed E-state index contributed by atoms with van der Waals surface area (Å²) in [4.78, 5) is 16.0. The first-order valence-corrected chi connectivity index (χ1v) is 12.9. The number of H-pyrrole nitrogens is 1. The fourth-order valence-corrected chi connectivity index (χ4v) is 4.75. The molecule has 1 atom stereocenters. The SMILES string of the molecule is C[C@@H](Sc1nnc(CNc2ccc(Cl)cc2)n1-c1ccccc1)C(=O)N/N=C/c1c[nH]c2ccccc12. The molecule has 0 aliphatic carbocycles. The standard InChI is InChI=1S/C27H24ClN7OS/c1-18(26(36)33-31-16-19-15-30-24-10-6-5-9-23(19)24)37-27-34-32-25(35(27)22-7-3-2-4-8-22)17-29-21-13-11-20(28)12-14-21/h2-16,18,29-30H,17H2,1H3,(H,33,36)/b31-16+/t18-/m1/s1. The van der Waals surface area contributed by atoms with Gasteiger partial charge < -0.3 is 10.3 Å². The van der Waals surface area contributed by atoms with Crippen LogP contribution >= 0.6 is 23.4 Å². The average molecular weight is 530 g/mol. The van der Waals surface area contributed by atoms with Crippen LogP contribution in [0.15, 0.2) is 95.3 Å². The maximum atomic E-state index is 12.8. The highest BCUT2D eigenvalue weighted by atomic mass is 35.5. The van der Waals surface area contributed by atoms with Gasteiger partial charge in [0.25, 0.3) is 5.91 Å². The molecule has 0 radical (unpaired) electrons. The van der Waals surface area contributed by atoms with Crippen LogP contribution in [0.1, 0.15) is 18.3 Å². The second-order valence-electron chi connectivity index (χ2n) is 8.21. The summed E-state index contributed by atoms with van der Waals surface area (Å²) in [6.07, 6.45) is 3.50. The van der Waals surface area contributed by atoms with Gasteiger partial charge in [0, 0.05) is 39.1 Å². The van der Waals surface area contributed by atoms with Gasteiger partial charge in [0.2, 0.25) is 0 Å². The van der Waals surface area contributed by atoms with E-state index in [1.54, 1.807) is 6.21 Å². The fraction of sp³-hybridized carbons (Fsp3) is 0.111. The maximum Gasteiger partial charge on any atom is 0.253 e. The second kappa shape index (κ2) is 11.3. The molecule has 2 heterocycles. The van der Waals surface area contributed by atoms with Gasteiger partial charge in [-0.05, 0) is 49.4 Å². The van der Waals surface area contributed by atoms with Gasteiger partial charge in [0.1, 0.15) is 0 Å². The Labute approximate surface area is 223 Å². The van der Waals surface area contributed by atoms with Crippen LogP contribution in [0.5, 0.6) is 0 Å². The minimum atomic E-state index is -0.455. The molecule has 0 fully saturated rings. The highest BCUT2D eigenvalue weighted by Crippen LogP contribution is 2.26. The highest BCUT2D eigenvalue weighted by Gasteiger charge is 2.21. The third kappa shape index (κ3) is 5.84. The Morgan fingerprint density at radius 3 is 2.65 bits per heavy atom. The number of aromatic amines is 1. The molecule has 0 aliphatic rings. The van der Waals surface area contributed by atoms with E-state index in [-0.39, 0.29) is 5.91 Å². The molecule has 3 aromatic carbocycles. The van der Waals surface area contributed by atoms with Crippen molar-refractivity contribution in [2.45, 2.75) is 23.9 Å². The summed E-state index contributed by atoms with van der Waals surface area (Å²) >= 11 is 7.31. The lowest BCUT2D eigenvalue weighted by atomic mass is 10.2. The van der Waals surface area contributed by atoms with Crippen LogP contribution in [0.3, 0.4) is 0 Å². The first-order valence-electron chi connectivity index (χ1n) is 11.6. The molecular formula is C27H24ClN7OS. The quantitative estimate of drug-likeness (QED) is 0.130. The molecule has 5 aromatic rings. The molecule has 3 N–H and O–H groups in total. The number of hydrogen-bond donors (Lipinski definition) is 3. The smallest absolute Gasteiger partial charge is 0.253 e. The Morgan fingerprint density at radius 1 is 1.08 bits per heavy atom. The summed E-state index contributed by atoms with van der Waals surface area (Å²) in [5, 5.41) is 18.2. The van der Waals surface area contributed by atoms with Gasteiger partial charge in [-0.15, -0.1) is 10.2 Å². The summed E-state index contributed by atoms with van der Waals surface area (Å²) in [6, 6.07) is 25.2. The molecule has 0 unspecified atom stereocenters. The Hall–Kier alpha value is -4.08. The number of fused-ring (bicyclic) bond motifs is 1. The van der Waals surface area contributed by atoms with Gasteiger partial charge >= 0.3 is 0 Å². The molecular weight excluding hydrogens is 506 g/mol. The molecule has 8 nitrogen and oxygen atoms in total. The van der Waals surface area contributed by atoms with Gasteiger partial charge in [0.05, 0.1) is 18.0 Å². The van der Waals surface area contributed by atoms with E-state index in [1.807, 2.05) is 96.6 Å². The Kier molecular flexibility index (Phi) is 7.53. The predicted molar refractivity (Wildman–Crippen MR) is 149 cm³/mol. The van der Waals surface area contributed by atoms with Gasteiger partial charge in [-0.3, -0.25) is 9.36 Å². The number of para-hydroxylation sites is 2. The average Bonchev–Trinajstić information content (AvgIpc) is 3.52. The number of thioether (sulfide) groups is 1. The normalized spacial score (nSPS) is 12.2. The van der Waals surface area contributed by atoms with E-state index in [9.17, 15) is 4.79 Å².